The molecule has 0 spiro atoms. The summed E-state index contributed by atoms with van der Waals surface area (Å²) in [7, 11) is 0. The second-order valence-corrected chi connectivity index (χ2v) is 6.85. The van der Waals surface area contributed by atoms with Gasteiger partial charge in [0.05, 0.1) is 15.7 Å². The summed E-state index contributed by atoms with van der Waals surface area (Å²) in [5.74, 6) is -0.188. The molecule has 1 aliphatic rings. The molecule has 1 saturated carbocycles. The van der Waals surface area contributed by atoms with Gasteiger partial charge in [0.2, 0.25) is 0 Å². The third-order valence-electron chi connectivity index (χ3n) is 3.17. The number of aromatic nitrogens is 1. The minimum absolute atomic E-state index is 0.188. The molecule has 6 heteroatoms. The lowest BCUT2D eigenvalue weighted by Crippen LogP contribution is -2.16. The number of hydrogen-bond acceptors (Lipinski definition) is 1. The molecule has 0 bridgehead atoms. The normalized spacial score (nSPS) is 14.3. The summed E-state index contributed by atoms with van der Waals surface area (Å²) in [4.78, 5) is 12.4. The van der Waals surface area contributed by atoms with E-state index in [4.69, 9.17) is 23.2 Å². The molecule has 3 rings (SSSR count). The largest absolute Gasteiger partial charge is 0.339 e. The molecular weight excluding hydrogens is 410 g/mol. The second kappa shape index (κ2) is 5.58. The first-order valence-corrected chi connectivity index (χ1v) is 8.02. The van der Waals surface area contributed by atoms with Crippen LogP contribution in [0.4, 0.5) is 5.69 Å². The van der Waals surface area contributed by atoms with Gasteiger partial charge in [0.25, 0.3) is 5.91 Å². The highest BCUT2D eigenvalue weighted by molar-refractivity contribution is 14.1. The maximum atomic E-state index is 12.4. The summed E-state index contributed by atoms with van der Waals surface area (Å²) >= 11 is 14.3. The molecule has 1 aliphatic carbocycles. The van der Waals surface area contributed by atoms with Crippen LogP contribution in [0.3, 0.4) is 0 Å². The van der Waals surface area contributed by atoms with Crippen molar-refractivity contribution in [2.24, 2.45) is 0 Å². The van der Waals surface area contributed by atoms with E-state index in [9.17, 15) is 4.79 Å². The van der Waals surface area contributed by atoms with Crippen molar-refractivity contribution in [3.05, 3.63) is 49.8 Å². The van der Waals surface area contributed by atoms with Gasteiger partial charge in [0.1, 0.15) is 5.69 Å². The molecule has 1 amide bonds. The average molecular weight is 421 g/mol. The Morgan fingerprint density at radius 3 is 2.70 bits per heavy atom. The zero-order valence-corrected chi connectivity index (χ0v) is 14.0. The lowest BCUT2D eigenvalue weighted by molar-refractivity contribution is 0.101. The fraction of sp³-hybridized carbons (Fsp3) is 0.214. The van der Waals surface area contributed by atoms with E-state index in [0.717, 1.165) is 16.4 Å². The molecule has 1 heterocycles. The van der Waals surface area contributed by atoms with Crippen LogP contribution in [0.25, 0.3) is 0 Å². The Hall–Kier alpha value is -0.720. The van der Waals surface area contributed by atoms with E-state index in [-0.39, 0.29) is 5.91 Å². The van der Waals surface area contributed by atoms with Crippen molar-refractivity contribution in [2.45, 2.75) is 18.9 Å². The summed E-state index contributed by atoms with van der Waals surface area (Å²) in [6.45, 7) is 0. The Morgan fingerprint density at radius 1 is 1.30 bits per heavy atom. The van der Waals surface area contributed by atoms with Crippen molar-refractivity contribution in [1.82, 2.24) is 4.57 Å². The topological polar surface area (TPSA) is 34.0 Å². The third-order valence-corrected chi connectivity index (χ3v) is 4.36. The zero-order chi connectivity index (χ0) is 14.3. The maximum absolute atomic E-state index is 12.4. The Balaban J connectivity index is 1.86. The number of hydrogen-bond donors (Lipinski definition) is 1. The first-order valence-electron chi connectivity index (χ1n) is 6.18. The molecule has 0 saturated heterocycles. The number of anilines is 1. The quantitative estimate of drug-likeness (QED) is 0.697. The van der Waals surface area contributed by atoms with Crippen molar-refractivity contribution >= 4 is 57.4 Å². The van der Waals surface area contributed by atoms with E-state index in [1.807, 2.05) is 22.9 Å². The number of benzene rings is 1. The molecule has 1 aromatic heterocycles. The van der Waals surface area contributed by atoms with Gasteiger partial charge < -0.3 is 9.88 Å². The van der Waals surface area contributed by atoms with Crippen LogP contribution in [0.15, 0.2) is 30.5 Å². The van der Waals surface area contributed by atoms with Gasteiger partial charge in [0.15, 0.2) is 0 Å². The SMILES string of the molecule is O=C(Nc1ccc(I)cc1Cl)c1cc(Cl)cn1C1CC1. The number of amides is 1. The zero-order valence-electron chi connectivity index (χ0n) is 10.4. The highest BCUT2D eigenvalue weighted by Crippen LogP contribution is 2.37. The van der Waals surface area contributed by atoms with Crippen LogP contribution >= 0.6 is 45.8 Å². The molecule has 2 aromatic rings. The summed E-state index contributed by atoms with van der Waals surface area (Å²) < 4.78 is 2.97. The predicted molar refractivity (Wildman–Crippen MR) is 89.8 cm³/mol. The van der Waals surface area contributed by atoms with Gasteiger partial charge in [-0.3, -0.25) is 4.79 Å². The van der Waals surface area contributed by atoms with Crippen LogP contribution < -0.4 is 5.32 Å². The van der Waals surface area contributed by atoms with E-state index in [2.05, 4.69) is 27.9 Å². The summed E-state index contributed by atoms with van der Waals surface area (Å²) in [6.07, 6.45) is 3.99. The van der Waals surface area contributed by atoms with Gasteiger partial charge >= 0.3 is 0 Å². The number of carbonyl (C=O) groups is 1. The molecule has 1 fully saturated rings. The van der Waals surface area contributed by atoms with Crippen LogP contribution in [-0.2, 0) is 0 Å². The van der Waals surface area contributed by atoms with Crippen molar-refractivity contribution in [2.75, 3.05) is 5.32 Å². The van der Waals surface area contributed by atoms with Crippen molar-refractivity contribution < 1.29 is 4.79 Å². The highest BCUT2D eigenvalue weighted by Gasteiger charge is 2.28. The fourth-order valence-electron chi connectivity index (χ4n) is 2.06. The summed E-state index contributed by atoms with van der Waals surface area (Å²) in [5, 5.41) is 3.94. The molecular formula is C14H11Cl2IN2O. The molecule has 0 atom stereocenters. The van der Waals surface area contributed by atoms with Gasteiger partial charge in [0, 0.05) is 15.8 Å². The summed E-state index contributed by atoms with van der Waals surface area (Å²) in [5.41, 5.74) is 1.18. The summed E-state index contributed by atoms with van der Waals surface area (Å²) in [6, 6.07) is 7.60. The lowest BCUT2D eigenvalue weighted by Gasteiger charge is -2.10. The predicted octanol–water partition coefficient (Wildman–Crippen LogP) is 4.99. The first-order chi connectivity index (χ1) is 9.54. The first kappa shape index (κ1) is 14.2. The Labute approximate surface area is 140 Å². The van der Waals surface area contributed by atoms with Crippen LogP contribution in [-0.4, -0.2) is 10.5 Å². The molecule has 0 aliphatic heterocycles. The van der Waals surface area contributed by atoms with Gasteiger partial charge in [-0.25, -0.2) is 0 Å². The minimum atomic E-state index is -0.188. The minimum Gasteiger partial charge on any atom is -0.339 e. The Morgan fingerprint density at radius 2 is 2.05 bits per heavy atom. The molecule has 104 valence electrons. The van der Waals surface area contributed by atoms with Gasteiger partial charge in [-0.05, 0) is 59.7 Å². The van der Waals surface area contributed by atoms with Crippen LogP contribution in [0, 0.1) is 3.57 Å². The molecule has 20 heavy (non-hydrogen) atoms. The van der Waals surface area contributed by atoms with Crippen molar-refractivity contribution in [1.29, 1.82) is 0 Å². The van der Waals surface area contributed by atoms with Gasteiger partial charge in [-0.15, -0.1) is 0 Å². The number of rotatable bonds is 3. The molecule has 1 aromatic carbocycles. The average Bonchev–Trinajstić information content (AvgIpc) is 3.16. The van der Waals surface area contributed by atoms with E-state index in [1.165, 1.54) is 0 Å². The fourth-order valence-corrected chi connectivity index (χ4v) is 3.17. The van der Waals surface area contributed by atoms with E-state index < -0.39 is 0 Å². The monoisotopic (exact) mass is 420 g/mol. The van der Waals surface area contributed by atoms with E-state index in [1.54, 1.807) is 12.1 Å². The van der Waals surface area contributed by atoms with Gasteiger partial charge in [-0.1, -0.05) is 23.2 Å². The molecule has 1 N–H and O–H groups in total. The van der Waals surface area contributed by atoms with Crippen LogP contribution in [0.2, 0.25) is 10.0 Å². The molecule has 3 nitrogen and oxygen atoms in total. The van der Waals surface area contributed by atoms with E-state index >= 15 is 0 Å². The third kappa shape index (κ3) is 2.97. The smallest absolute Gasteiger partial charge is 0.272 e. The van der Waals surface area contributed by atoms with Crippen LogP contribution in [0.1, 0.15) is 29.4 Å². The highest BCUT2D eigenvalue weighted by atomic mass is 127. The standard InChI is InChI=1S/C14H11Cl2IN2O/c15-8-5-13(19(7-8)10-2-3-10)14(20)18-12-4-1-9(17)6-11(12)16/h1,4-7,10H,2-3H2,(H,18,20). The van der Waals surface area contributed by atoms with E-state index in [0.29, 0.717) is 27.5 Å². The second-order valence-electron chi connectivity index (χ2n) is 4.76. The van der Waals surface area contributed by atoms with Gasteiger partial charge in [-0.2, -0.15) is 0 Å². The molecule has 0 radical (unpaired) electrons. The van der Waals surface area contributed by atoms with Crippen molar-refractivity contribution in [3.8, 4) is 0 Å². The maximum Gasteiger partial charge on any atom is 0.272 e. The van der Waals surface area contributed by atoms with Crippen molar-refractivity contribution in [3.63, 3.8) is 0 Å². The number of carbonyl (C=O) groups excluding carboxylic acids is 1. The number of halogens is 3. The number of nitrogens with one attached hydrogen (secondary N) is 1. The number of nitrogens with zero attached hydrogens (tertiary/aromatic N) is 1. The van der Waals surface area contributed by atoms with Crippen LogP contribution in [0.5, 0.6) is 0 Å². The lowest BCUT2D eigenvalue weighted by atomic mass is 10.3. The molecule has 0 unspecified atom stereocenters. The Bertz CT molecular complexity index is 680. The Kier molecular flexibility index (Phi) is 3.97.